The van der Waals surface area contributed by atoms with E-state index in [1.165, 1.54) is 0 Å². The number of halogens is 5. The number of aliphatic hydroxyl groups excluding tert-OH is 1. The van der Waals surface area contributed by atoms with E-state index >= 15 is 0 Å². The maximum Gasteiger partial charge on any atom is 0.471 e. The zero-order valence-corrected chi connectivity index (χ0v) is 27.6. The number of hydrogen-bond donors (Lipinski definition) is 2. The summed E-state index contributed by atoms with van der Waals surface area (Å²) in [6.07, 6.45) is -3.71. The van der Waals surface area contributed by atoms with Gasteiger partial charge in [0.25, 0.3) is 0 Å². The minimum Gasteiger partial charge on any atom is -0.392 e. The number of ether oxygens (including phenoxy) is 2. The van der Waals surface area contributed by atoms with Gasteiger partial charge in [-0.2, -0.15) is 13.2 Å². The summed E-state index contributed by atoms with van der Waals surface area (Å²) in [6, 6.07) is 21.6. The Morgan fingerprint density at radius 3 is 2.37 bits per heavy atom. The van der Waals surface area contributed by atoms with E-state index in [0.717, 1.165) is 33.4 Å². The largest absolute Gasteiger partial charge is 0.471 e. The molecule has 0 saturated carbocycles. The number of carbonyl (C=O) groups is 2. The average molecular weight is 718 g/mol. The monoisotopic (exact) mass is 716 g/mol. The molecule has 4 atom stereocenters. The molecule has 0 radical (unpaired) electrons. The molecule has 3 aromatic carbocycles. The summed E-state index contributed by atoms with van der Waals surface area (Å²) in [4.78, 5) is 29.2. The SMILES string of the molecule is O=C(NCc1cccc(-c2ccc([C@@H]3O[C@H](Cn4cnc(Cl)c4Cl)C[C@H](c4ccc(CO)cc4)O3)cc2)c1)[C@@H]1CCCN1C(=O)C(F)(F)F. The van der Waals surface area contributed by atoms with Crippen LogP contribution in [0.1, 0.15) is 53.9 Å². The fourth-order valence-corrected chi connectivity index (χ4v) is 6.48. The van der Waals surface area contributed by atoms with Crippen molar-refractivity contribution in [2.24, 2.45) is 0 Å². The number of amides is 2. The summed E-state index contributed by atoms with van der Waals surface area (Å²) in [6.45, 7) is 0.331. The van der Waals surface area contributed by atoms with Crippen molar-refractivity contribution in [1.29, 1.82) is 0 Å². The number of alkyl halides is 3. The van der Waals surface area contributed by atoms with Gasteiger partial charge in [-0.3, -0.25) is 9.59 Å². The summed E-state index contributed by atoms with van der Waals surface area (Å²) in [5, 5.41) is 12.7. The zero-order valence-electron chi connectivity index (χ0n) is 26.1. The van der Waals surface area contributed by atoms with Crippen LogP contribution in [-0.2, 0) is 38.8 Å². The van der Waals surface area contributed by atoms with Crippen molar-refractivity contribution >= 4 is 35.0 Å². The number of aliphatic hydroxyl groups is 1. The fourth-order valence-electron chi connectivity index (χ4n) is 6.17. The first-order chi connectivity index (χ1) is 23.5. The zero-order chi connectivity index (χ0) is 34.7. The molecule has 258 valence electrons. The molecular weight excluding hydrogens is 684 g/mol. The Kier molecular flexibility index (Phi) is 10.6. The molecule has 0 bridgehead atoms. The van der Waals surface area contributed by atoms with Crippen LogP contribution in [0.15, 0.2) is 79.1 Å². The highest BCUT2D eigenvalue weighted by Gasteiger charge is 2.47. The minimum atomic E-state index is -5.03. The number of nitrogens with one attached hydrogen (secondary N) is 1. The Labute approximate surface area is 290 Å². The van der Waals surface area contributed by atoms with Crippen molar-refractivity contribution in [2.75, 3.05) is 6.54 Å². The number of aromatic nitrogens is 2. The predicted molar refractivity (Wildman–Crippen MR) is 175 cm³/mol. The van der Waals surface area contributed by atoms with Crippen molar-refractivity contribution < 1.29 is 37.3 Å². The highest BCUT2D eigenvalue weighted by Crippen LogP contribution is 2.39. The van der Waals surface area contributed by atoms with E-state index in [1.54, 1.807) is 10.9 Å². The number of hydrogen-bond acceptors (Lipinski definition) is 6. The van der Waals surface area contributed by atoms with Gasteiger partial charge in [-0.25, -0.2) is 4.98 Å². The van der Waals surface area contributed by atoms with Crippen molar-refractivity contribution in [1.82, 2.24) is 19.8 Å². The lowest BCUT2D eigenvalue weighted by Crippen LogP contribution is -2.50. The van der Waals surface area contributed by atoms with E-state index in [-0.39, 0.29) is 43.5 Å². The van der Waals surface area contributed by atoms with Crippen molar-refractivity contribution in [3.63, 3.8) is 0 Å². The van der Waals surface area contributed by atoms with E-state index in [1.807, 2.05) is 72.8 Å². The molecule has 2 amide bonds. The van der Waals surface area contributed by atoms with Gasteiger partial charge in [-0.1, -0.05) is 89.9 Å². The summed E-state index contributed by atoms with van der Waals surface area (Å²) in [7, 11) is 0. The van der Waals surface area contributed by atoms with Gasteiger partial charge in [0.05, 0.1) is 31.7 Å². The Morgan fingerprint density at radius 2 is 1.69 bits per heavy atom. The standard InChI is InChI=1S/C35H33Cl2F3N4O5/c36-30-31(37)43(20-42-30)18-27-16-29(24-8-6-21(19-45)7-9-24)49-33(48-27)25-12-10-23(11-13-25)26-4-1-3-22(15-26)17-41-32(46)28-5-2-14-44(28)34(47)35(38,39)40/h1,3-4,6-13,15,20,27-29,33,45H,2,5,14,16-19H2,(H,41,46)/t27-,28-,29+,33+/m0/s1. The van der Waals surface area contributed by atoms with E-state index in [2.05, 4.69) is 10.3 Å². The molecule has 2 N–H and O–H groups in total. The number of benzene rings is 3. The smallest absolute Gasteiger partial charge is 0.392 e. The maximum atomic E-state index is 13.0. The lowest BCUT2D eigenvalue weighted by molar-refractivity contribution is -0.252. The highest BCUT2D eigenvalue weighted by molar-refractivity contribution is 6.40. The molecule has 3 heterocycles. The molecule has 2 saturated heterocycles. The van der Waals surface area contributed by atoms with Crippen LogP contribution in [0.2, 0.25) is 10.3 Å². The van der Waals surface area contributed by atoms with Crippen molar-refractivity contribution in [3.8, 4) is 11.1 Å². The molecular formula is C35H33Cl2F3N4O5. The molecule has 4 aromatic rings. The second-order valence-electron chi connectivity index (χ2n) is 12.0. The molecule has 2 fully saturated rings. The van der Waals surface area contributed by atoms with Gasteiger partial charge in [0.2, 0.25) is 5.91 Å². The summed E-state index contributed by atoms with van der Waals surface area (Å²) >= 11 is 12.4. The molecule has 2 aliphatic heterocycles. The normalized spacial score (nSPS) is 21.1. The van der Waals surface area contributed by atoms with Crippen LogP contribution in [0.4, 0.5) is 13.2 Å². The number of rotatable bonds is 9. The van der Waals surface area contributed by atoms with Gasteiger partial charge in [-0.15, -0.1) is 0 Å². The number of nitrogens with zero attached hydrogens (tertiary/aromatic N) is 3. The lowest BCUT2D eigenvalue weighted by atomic mass is 9.99. The van der Waals surface area contributed by atoms with Crippen molar-refractivity contribution in [2.45, 2.75) is 69.7 Å². The van der Waals surface area contributed by atoms with Gasteiger partial charge < -0.3 is 29.4 Å². The van der Waals surface area contributed by atoms with Gasteiger partial charge >= 0.3 is 12.1 Å². The molecule has 6 rings (SSSR count). The molecule has 2 aliphatic rings. The van der Waals surface area contributed by atoms with Gasteiger partial charge in [0.15, 0.2) is 11.4 Å². The van der Waals surface area contributed by atoms with E-state index in [4.69, 9.17) is 32.7 Å². The van der Waals surface area contributed by atoms with E-state index < -0.39 is 30.3 Å². The molecule has 0 aliphatic carbocycles. The predicted octanol–water partition coefficient (Wildman–Crippen LogP) is 6.76. The van der Waals surface area contributed by atoms with Crippen LogP contribution in [0.5, 0.6) is 0 Å². The van der Waals surface area contributed by atoms with Crippen LogP contribution in [0, 0.1) is 0 Å². The molecule has 14 heteroatoms. The number of likely N-dealkylation sites (tertiary alicyclic amines) is 1. The Morgan fingerprint density at radius 1 is 0.959 bits per heavy atom. The second-order valence-corrected chi connectivity index (χ2v) is 12.7. The second kappa shape index (κ2) is 14.9. The first-order valence-corrected chi connectivity index (χ1v) is 16.5. The molecule has 9 nitrogen and oxygen atoms in total. The molecule has 1 aromatic heterocycles. The highest BCUT2D eigenvalue weighted by atomic mass is 35.5. The Bertz CT molecular complexity index is 1790. The first kappa shape index (κ1) is 34.9. The van der Waals surface area contributed by atoms with E-state index in [0.29, 0.717) is 29.4 Å². The topological polar surface area (TPSA) is 106 Å². The quantitative estimate of drug-likeness (QED) is 0.198. The van der Waals surface area contributed by atoms with Gasteiger partial charge in [0, 0.05) is 25.1 Å². The Hall–Kier alpha value is -3.94. The van der Waals surface area contributed by atoms with Gasteiger partial charge in [-0.05, 0) is 46.7 Å². The summed E-state index contributed by atoms with van der Waals surface area (Å²) in [5.41, 5.74) is 5.03. The summed E-state index contributed by atoms with van der Waals surface area (Å²) in [5.74, 6) is -2.61. The Balaban J connectivity index is 1.14. The van der Waals surface area contributed by atoms with Crippen molar-refractivity contribution in [3.05, 3.63) is 112 Å². The van der Waals surface area contributed by atoms with Crippen LogP contribution in [0.25, 0.3) is 11.1 Å². The van der Waals surface area contributed by atoms with Crippen LogP contribution >= 0.6 is 23.2 Å². The molecule has 0 spiro atoms. The molecule has 0 unspecified atom stereocenters. The fraction of sp³-hybridized carbons (Fsp3) is 0.343. The minimum absolute atomic E-state index is 0.0589. The van der Waals surface area contributed by atoms with Crippen LogP contribution in [-0.4, -0.2) is 56.2 Å². The first-order valence-electron chi connectivity index (χ1n) is 15.7. The summed E-state index contributed by atoms with van der Waals surface area (Å²) < 4.78 is 53.5. The van der Waals surface area contributed by atoms with E-state index in [9.17, 15) is 27.9 Å². The molecule has 49 heavy (non-hydrogen) atoms. The third kappa shape index (κ3) is 8.11. The number of carbonyl (C=O) groups excluding carboxylic acids is 2. The number of imidazole rings is 1. The van der Waals surface area contributed by atoms with Gasteiger partial charge in [0.1, 0.15) is 11.2 Å². The maximum absolute atomic E-state index is 13.0. The van der Waals surface area contributed by atoms with Crippen LogP contribution < -0.4 is 5.32 Å². The van der Waals surface area contributed by atoms with Crippen LogP contribution in [0.3, 0.4) is 0 Å². The lowest BCUT2D eigenvalue weighted by Gasteiger charge is -2.36. The average Bonchev–Trinajstić information content (AvgIpc) is 3.73. The third-order valence-electron chi connectivity index (χ3n) is 8.72. The third-order valence-corrected chi connectivity index (χ3v) is 9.49.